The molecule has 0 aliphatic heterocycles. The molecule has 3 aromatic rings. The minimum absolute atomic E-state index is 0.323. The van der Waals surface area contributed by atoms with Gasteiger partial charge in [-0.25, -0.2) is 5.43 Å². The normalized spacial score (nSPS) is 10.7. The van der Waals surface area contributed by atoms with E-state index in [9.17, 15) is 9.59 Å². The van der Waals surface area contributed by atoms with E-state index in [0.29, 0.717) is 27.6 Å². The Hall–Kier alpha value is -3.38. The summed E-state index contributed by atoms with van der Waals surface area (Å²) in [5.74, 6) is 0.609. The molecular weight excluding hydrogens is 366 g/mol. The predicted molar refractivity (Wildman–Crippen MR) is 104 cm³/mol. The Morgan fingerprint density at radius 3 is 2.41 bits per heavy atom. The van der Waals surface area contributed by atoms with Gasteiger partial charge in [0.25, 0.3) is 11.8 Å². The summed E-state index contributed by atoms with van der Waals surface area (Å²) in [5, 5.41) is 6.95. The SMILES string of the molecule is Cc1ccc(C=NNC(=O)c2ccc(NC(=O)c3ccccc3Cl)cc2)o1. The molecule has 27 heavy (non-hydrogen) atoms. The van der Waals surface area contributed by atoms with Gasteiger partial charge in [-0.3, -0.25) is 9.59 Å². The van der Waals surface area contributed by atoms with E-state index >= 15 is 0 Å². The van der Waals surface area contributed by atoms with E-state index in [1.165, 1.54) is 6.21 Å². The molecule has 1 heterocycles. The number of furan rings is 1. The molecule has 2 N–H and O–H groups in total. The molecule has 3 rings (SSSR count). The van der Waals surface area contributed by atoms with E-state index in [4.69, 9.17) is 16.0 Å². The van der Waals surface area contributed by atoms with Gasteiger partial charge in [0.1, 0.15) is 11.5 Å². The van der Waals surface area contributed by atoms with Gasteiger partial charge in [0.05, 0.1) is 16.8 Å². The largest absolute Gasteiger partial charge is 0.460 e. The molecule has 2 aromatic carbocycles. The fourth-order valence-electron chi connectivity index (χ4n) is 2.29. The fraction of sp³-hybridized carbons (Fsp3) is 0.0500. The number of hydrogen-bond acceptors (Lipinski definition) is 4. The van der Waals surface area contributed by atoms with E-state index in [0.717, 1.165) is 5.76 Å². The number of halogens is 1. The molecular formula is C20H16ClN3O3. The van der Waals surface area contributed by atoms with Crippen molar-refractivity contribution in [2.24, 2.45) is 5.10 Å². The molecule has 0 unspecified atom stereocenters. The van der Waals surface area contributed by atoms with Crippen LogP contribution in [-0.4, -0.2) is 18.0 Å². The van der Waals surface area contributed by atoms with Gasteiger partial charge in [-0.2, -0.15) is 5.10 Å². The minimum Gasteiger partial charge on any atom is -0.460 e. The molecule has 1 aromatic heterocycles. The number of carbonyl (C=O) groups is 2. The topological polar surface area (TPSA) is 83.7 Å². The number of nitrogens with one attached hydrogen (secondary N) is 2. The lowest BCUT2D eigenvalue weighted by Gasteiger charge is -2.07. The number of carbonyl (C=O) groups excluding carboxylic acids is 2. The molecule has 0 radical (unpaired) electrons. The smallest absolute Gasteiger partial charge is 0.271 e. The van der Waals surface area contributed by atoms with Crippen LogP contribution in [0.5, 0.6) is 0 Å². The number of nitrogens with zero attached hydrogens (tertiary/aromatic N) is 1. The van der Waals surface area contributed by atoms with Gasteiger partial charge in [-0.15, -0.1) is 0 Å². The Kier molecular flexibility index (Phi) is 5.68. The van der Waals surface area contributed by atoms with Gasteiger partial charge in [-0.05, 0) is 55.5 Å². The lowest BCUT2D eigenvalue weighted by molar-refractivity contribution is 0.0954. The second-order valence-electron chi connectivity index (χ2n) is 5.66. The van der Waals surface area contributed by atoms with Gasteiger partial charge in [-0.1, -0.05) is 23.7 Å². The third kappa shape index (κ3) is 4.83. The maximum atomic E-state index is 12.2. The van der Waals surface area contributed by atoms with Crippen molar-refractivity contribution >= 4 is 35.3 Å². The molecule has 0 atom stereocenters. The zero-order valence-corrected chi connectivity index (χ0v) is 15.2. The van der Waals surface area contributed by atoms with Crippen molar-refractivity contribution in [1.82, 2.24) is 5.43 Å². The molecule has 0 spiro atoms. The fourth-order valence-corrected chi connectivity index (χ4v) is 2.51. The van der Waals surface area contributed by atoms with Crippen molar-refractivity contribution in [1.29, 1.82) is 0 Å². The van der Waals surface area contributed by atoms with Crippen molar-refractivity contribution < 1.29 is 14.0 Å². The first-order chi connectivity index (χ1) is 13.0. The van der Waals surface area contributed by atoms with E-state index in [-0.39, 0.29) is 11.8 Å². The number of anilines is 1. The van der Waals surface area contributed by atoms with Crippen molar-refractivity contribution in [3.8, 4) is 0 Å². The Balaban J connectivity index is 1.59. The maximum absolute atomic E-state index is 12.2. The average Bonchev–Trinajstić information content (AvgIpc) is 3.07. The summed E-state index contributed by atoms with van der Waals surface area (Å²) in [5.41, 5.74) is 3.74. The van der Waals surface area contributed by atoms with Crippen LogP contribution in [0.2, 0.25) is 5.02 Å². The molecule has 0 aliphatic carbocycles. The molecule has 0 bridgehead atoms. The van der Waals surface area contributed by atoms with Crippen molar-refractivity contribution in [3.63, 3.8) is 0 Å². The first-order valence-corrected chi connectivity index (χ1v) is 8.46. The van der Waals surface area contributed by atoms with Gasteiger partial charge in [0.2, 0.25) is 0 Å². The van der Waals surface area contributed by atoms with Gasteiger partial charge in [0.15, 0.2) is 0 Å². The molecule has 136 valence electrons. The van der Waals surface area contributed by atoms with E-state index in [2.05, 4.69) is 15.8 Å². The van der Waals surface area contributed by atoms with E-state index < -0.39 is 0 Å². The van der Waals surface area contributed by atoms with Crippen LogP contribution < -0.4 is 10.7 Å². The minimum atomic E-state index is -0.376. The first kappa shape index (κ1) is 18.4. The summed E-state index contributed by atoms with van der Waals surface area (Å²) in [6.07, 6.45) is 1.42. The van der Waals surface area contributed by atoms with Crippen LogP contribution in [0, 0.1) is 6.92 Å². The summed E-state index contributed by atoms with van der Waals surface area (Å²) >= 11 is 6.01. The molecule has 0 fully saturated rings. The number of rotatable bonds is 5. The highest BCUT2D eigenvalue weighted by Gasteiger charge is 2.10. The van der Waals surface area contributed by atoms with Crippen molar-refractivity contribution in [3.05, 3.63) is 88.3 Å². The molecule has 0 saturated carbocycles. The lowest BCUT2D eigenvalue weighted by atomic mass is 10.1. The van der Waals surface area contributed by atoms with Crippen LogP contribution in [0.15, 0.2) is 70.2 Å². The summed E-state index contributed by atoms with van der Waals surface area (Å²) in [4.78, 5) is 24.3. The van der Waals surface area contributed by atoms with Crippen LogP contribution in [-0.2, 0) is 0 Å². The summed E-state index contributed by atoms with van der Waals surface area (Å²) in [6.45, 7) is 1.82. The Labute approximate surface area is 160 Å². The average molecular weight is 382 g/mol. The van der Waals surface area contributed by atoms with E-state index in [1.807, 2.05) is 6.92 Å². The zero-order valence-electron chi connectivity index (χ0n) is 14.4. The van der Waals surface area contributed by atoms with Crippen LogP contribution in [0.25, 0.3) is 0 Å². The lowest BCUT2D eigenvalue weighted by Crippen LogP contribution is -2.17. The molecule has 0 aliphatic rings. The zero-order chi connectivity index (χ0) is 19.2. The number of benzene rings is 2. The van der Waals surface area contributed by atoms with Gasteiger partial charge >= 0.3 is 0 Å². The Morgan fingerprint density at radius 2 is 1.74 bits per heavy atom. The predicted octanol–water partition coefficient (Wildman–Crippen LogP) is 4.26. The molecule has 0 saturated heterocycles. The van der Waals surface area contributed by atoms with Crippen molar-refractivity contribution in [2.45, 2.75) is 6.92 Å². The van der Waals surface area contributed by atoms with Crippen LogP contribution in [0.4, 0.5) is 5.69 Å². The highest BCUT2D eigenvalue weighted by atomic mass is 35.5. The number of hydrazone groups is 1. The maximum Gasteiger partial charge on any atom is 0.271 e. The van der Waals surface area contributed by atoms with E-state index in [1.54, 1.807) is 60.7 Å². The monoisotopic (exact) mass is 381 g/mol. The number of hydrogen-bond donors (Lipinski definition) is 2. The van der Waals surface area contributed by atoms with Gasteiger partial charge in [0, 0.05) is 11.3 Å². The second kappa shape index (κ2) is 8.33. The first-order valence-electron chi connectivity index (χ1n) is 8.09. The van der Waals surface area contributed by atoms with Crippen LogP contribution >= 0.6 is 11.6 Å². The standard InChI is InChI=1S/C20H16ClN3O3/c1-13-6-11-16(27-13)12-22-24-19(25)14-7-9-15(10-8-14)23-20(26)17-4-2-3-5-18(17)21/h2-12H,1H3,(H,23,26)(H,24,25). The Bertz CT molecular complexity index is 994. The van der Waals surface area contributed by atoms with Gasteiger partial charge < -0.3 is 9.73 Å². The van der Waals surface area contributed by atoms with Crippen LogP contribution in [0.3, 0.4) is 0 Å². The summed E-state index contributed by atoms with van der Waals surface area (Å²) in [7, 11) is 0. The number of aryl methyl sites for hydroxylation is 1. The summed E-state index contributed by atoms with van der Waals surface area (Å²) in [6, 6.07) is 16.8. The quantitative estimate of drug-likeness (QED) is 0.511. The molecule has 6 nitrogen and oxygen atoms in total. The van der Waals surface area contributed by atoms with Crippen LogP contribution in [0.1, 0.15) is 32.2 Å². The highest BCUT2D eigenvalue weighted by Crippen LogP contribution is 2.17. The van der Waals surface area contributed by atoms with Crippen molar-refractivity contribution in [2.75, 3.05) is 5.32 Å². The third-order valence-corrected chi connectivity index (χ3v) is 3.97. The second-order valence-corrected chi connectivity index (χ2v) is 6.07. The third-order valence-electron chi connectivity index (χ3n) is 3.64. The highest BCUT2D eigenvalue weighted by molar-refractivity contribution is 6.34. The molecule has 7 heteroatoms. The summed E-state index contributed by atoms with van der Waals surface area (Å²) < 4.78 is 5.32. The number of amides is 2. The molecule has 2 amide bonds. The Morgan fingerprint density at radius 1 is 1.00 bits per heavy atom.